The van der Waals surface area contributed by atoms with Gasteiger partial charge < -0.3 is 9.47 Å². The second-order valence-corrected chi connectivity index (χ2v) is 6.60. The van der Waals surface area contributed by atoms with Gasteiger partial charge >= 0.3 is 0 Å². The van der Waals surface area contributed by atoms with Crippen molar-refractivity contribution in [3.8, 4) is 5.75 Å². The molecular weight excluding hydrogens is 292 g/mol. The summed E-state index contributed by atoms with van der Waals surface area (Å²) in [6, 6.07) is 3.78. The zero-order valence-electron chi connectivity index (χ0n) is 13.8. The van der Waals surface area contributed by atoms with Crippen LogP contribution >= 0.6 is 0 Å². The highest BCUT2D eigenvalue weighted by atomic mass is 16.5. The van der Waals surface area contributed by atoms with E-state index in [-0.39, 0.29) is 5.60 Å². The van der Waals surface area contributed by atoms with Crippen LogP contribution in [0.15, 0.2) is 30.7 Å². The van der Waals surface area contributed by atoms with Crippen molar-refractivity contribution in [1.82, 2.24) is 20.0 Å². The topological polar surface area (TPSA) is 62.1 Å². The Bertz CT molecular complexity index is 612. The van der Waals surface area contributed by atoms with Gasteiger partial charge in [-0.25, -0.2) is 0 Å². The Labute approximate surface area is 136 Å². The average molecular weight is 316 g/mol. The molecule has 1 saturated heterocycles. The van der Waals surface area contributed by atoms with E-state index in [0.29, 0.717) is 12.5 Å². The zero-order chi connectivity index (χ0) is 16.1. The van der Waals surface area contributed by atoms with Crippen molar-refractivity contribution in [3.05, 3.63) is 36.4 Å². The van der Waals surface area contributed by atoms with Crippen molar-refractivity contribution in [2.24, 2.45) is 0 Å². The highest BCUT2D eigenvalue weighted by Gasteiger charge is 2.31. The lowest BCUT2D eigenvalue weighted by atomic mass is 9.86. The fourth-order valence-corrected chi connectivity index (χ4v) is 2.94. The molecule has 6 nitrogen and oxygen atoms in total. The Kier molecular flexibility index (Phi) is 4.91. The monoisotopic (exact) mass is 316 g/mol. The van der Waals surface area contributed by atoms with Crippen LogP contribution < -0.4 is 4.74 Å². The molecule has 1 atom stereocenters. The SMILES string of the molecule is CC1(C)C[C@H](c2cn(CCCOc3cccnc3)nn2)CCO1. The molecule has 1 fully saturated rings. The molecule has 0 spiro atoms. The summed E-state index contributed by atoms with van der Waals surface area (Å²) in [6.45, 7) is 6.52. The largest absolute Gasteiger partial charge is 0.492 e. The molecule has 0 amide bonds. The van der Waals surface area contributed by atoms with Crippen LogP contribution in [0.5, 0.6) is 5.75 Å². The summed E-state index contributed by atoms with van der Waals surface area (Å²) in [7, 11) is 0. The molecule has 23 heavy (non-hydrogen) atoms. The first kappa shape index (κ1) is 15.9. The van der Waals surface area contributed by atoms with Crippen molar-refractivity contribution in [1.29, 1.82) is 0 Å². The molecule has 124 valence electrons. The van der Waals surface area contributed by atoms with Crippen LogP contribution in [0.3, 0.4) is 0 Å². The van der Waals surface area contributed by atoms with Crippen molar-refractivity contribution in [2.45, 2.75) is 51.2 Å². The Hall–Kier alpha value is -1.95. The normalized spacial score (nSPS) is 20.3. The second-order valence-electron chi connectivity index (χ2n) is 6.60. The number of pyridine rings is 1. The van der Waals surface area contributed by atoms with Gasteiger partial charge in [-0.3, -0.25) is 9.67 Å². The van der Waals surface area contributed by atoms with E-state index in [0.717, 1.165) is 43.9 Å². The van der Waals surface area contributed by atoms with E-state index in [4.69, 9.17) is 9.47 Å². The standard InChI is InChI=1S/C17H24N4O2/c1-17(2)11-14(6-10-23-17)16-13-21(20-19-16)8-4-9-22-15-5-3-7-18-12-15/h3,5,7,12-14H,4,6,8-11H2,1-2H3/t14-/m1/s1. The van der Waals surface area contributed by atoms with Gasteiger partial charge in [-0.05, 0) is 38.8 Å². The van der Waals surface area contributed by atoms with E-state index in [1.165, 1.54) is 0 Å². The summed E-state index contributed by atoms with van der Waals surface area (Å²) in [6.07, 6.45) is 8.43. The van der Waals surface area contributed by atoms with Gasteiger partial charge in [-0.2, -0.15) is 0 Å². The van der Waals surface area contributed by atoms with Gasteiger partial charge in [0.2, 0.25) is 0 Å². The number of hydrogen-bond donors (Lipinski definition) is 0. The third-order valence-corrected chi connectivity index (χ3v) is 4.11. The maximum atomic E-state index is 5.77. The number of rotatable bonds is 6. The van der Waals surface area contributed by atoms with E-state index in [2.05, 4.69) is 35.3 Å². The van der Waals surface area contributed by atoms with E-state index in [1.807, 2.05) is 16.8 Å². The zero-order valence-corrected chi connectivity index (χ0v) is 13.8. The molecule has 0 bridgehead atoms. The van der Waals surface area contributed by atoms with Crippen molar-refractivity contribution >= 4 is 0 Å². The maximum absolute atomic E-state index is 5.77. The van der Waals surface area contributed by atoms with Gasteiger partial charge in [0.25, 0.3) is 0 Å². The summed E-state index contributed by atoms with van der Waals surface area (Å²) >= 11 is 0. The van der Waals surface area contributed by atoms with Gasteiger partial charge in [0.1, 0.15) is 5.75 Å². The molecule has 3 rings (SSSR count). The van der Waals surface area contributed by atoms with Crippen LogP contribution in [0.2, 0.25) is 0 Å². The fourth-order valence-electron chi connectivity index (χ4n) is 2.94. The predicted octanol–water partition coefficient (Wildman–Crippen LogP) is 2.81. The minimum atomic E-state index is -0.0652. The van der Waals surface area contributed by atoms with Gasteiger partial charge in [0.15, 0.2) is 0 Å². The number of ether oxygens (including phenoxy) is 2. The van der Waals surface area contributed by atoms with E-state index < -0.39 is 0 Å². The Balaban J connectivity index is 1.46. The Morgan fingerprint density at radius 2 is 2.35 bits per heavy atom. The number of aromatic nitrogens is 4. The fraction of sp³-hybridized carbons (Fsp3) is 0.588. The van der Waals surface area contributed by atoms with Gasteiger partial charge in [0, 0.05) is 37.9 Å². The molecule has 0 aromatic carbocycles. The molecule has 0 N–H and O–H groups in total. The summed E-state index contributed by atoms with van der Waals surface area (Å²) < 4.78 is 13.3. The van der Waals surface area contributed by atoms with Gasteiger partial charge in [-0.1, -0.05) is 5.21 Å². The number of hydrogen-bond acceptors (Lipinski definition) is 5. The molecule has 2 aromatic heterocycles. The highest BCUT2D eigenvalue weighted by Crippen LogP contribution is 2.34. The molecule has 3 heterocycles. The van der Waals surface area contributed by atoms with E-state index >= 15 is 0 Å². The molecule has 0 aliphatic carbocycles. The van der Waals surface area contributed by atoms with Crippen LogP contribution in [0.1, 0.15) is 44.7 Å². The first-order valence-corrected chi connectivity index (χ1v) is 8.19. The molecule has 1 aliphatic heterocycles. The third kappa shape index (κ3) is 4.51. The van der Waals surface area contributed by atoms with Gasteiger partial charge in [0.05, 0.1) is 24.1 Å². The molecule has 0 unspecified atom stereocenters. The highest BCUT2D eigenvalue weighted by molar-refractivity contribution is 5.15. The summed E-state index contributed by atoms with van der Waals surface area (Å²) in [5.74, 6) is 1.25. The average Bonchev–Trinajstić information content (AvgIpc) is 3.01. The smallest absolute Gasteiger partial charge is 0.137 e. The minimum absolute atomic E-state index is 0.0652. The van der Waals surface area contributed by atoms with E-state index in [9.17, 15) is 0 Å². The molecular formula is C17H24N4O2. The molecule has 1 aliphatic rings. The van der Waals surface area contributed by atoms with Gasteiger partial charge in [-0.15, -0.1) is 5.10 Å². The van der Waals surface area contributed by atoms with E-state index in [1.54, 1.807) is 12.4 Å². The summed E-state index contributed by atoms with van der Waals surface area (Å²) in [5, 5.41) is 8.59. The molecule has 0 radical (unpaired) electrons. The van der Waals surface area contributed by atoms with Crippen LogP contribution in [-0.2, 0) is 11.3 Å². The second kappa shape index (κ2) is 7.08. The number of aryl methyl sites for hydroxylation is 1. The number of nitrogens with zero attached hydrogens (tertiary/aromatic N) is 4. The van der Waals surface area contributed by atoms with Crippen molar-refractivity contribution < 1.29 is 9.47 Å². The quantitative estimate of drug-likeness (QED) is 0.767. The predicted molar refractivity (Wildman–Crippen MR) is 86.4 cm³/mol. The first-order valence-electron chi connectivity index (χ1n) is 8.19. The summed E-state index contributed by atoms with van der Waals surface area (Å²) in [5.41, 5.74) is 1.01. The molecule has 6 heteroatoms. The molecule has 2 aromatic rings. The van der Waals surface area contributed by atoms with Crippen molar-refractivity contribution in [3.63, 3.8) is 0 Å². The lowest BCUT2D eigenvalue weighted by Gasteiger charge is -2.34. The minimum Gasteiger partial charge on any atom is -0.492 e. The van der Waals surface area contributed by atoms with Crippen LogP contribution in [0.4, 0.5) is 0 Å². The first-order chi connectivity index (χ1) is 11.1. The van der Waals surface area contributed by atoms with Crippen molar-refractivity contribution in [2.75, 3.05) is 13.2 Å². The maximum Gasteiger partial charge on any atom is 0.137 e. The lowest BCUT2D eigenvalue weighted by molar-refractivity contribution is -0.0597. The Morgan fingerprint density at radius 1 is 1.43 bits per heavy atom. The molecule has 0 saturated carbocycles. The van der Waals surface area contributed by atoms with Crippen LogP contribution in [-0.4, -0.2) is 38.8 Å². The Morgan fingerprint density at radius 3 is 3.13 bits per heavy atom. The summed E-state index contributed by atoms with van der Waals surface area (Å²) in [4.78, 5) is 4.03. The third-order valence-electron chi connectivity index (χ3n) is 4.11. The van der Waals surface area contributed by atoms with Crippen LogP contribution in [0.25, 0.3) is 0 Å². The lowest BCUT2D eigenvalue weighted by Crippen LogP contribution is -2.33. The van der Waals surface area contributed by atoms with Crippen LogP contribution in [0, 0.1) is 0 Å².